The lowest BCUT2D eigenvalue weighted by molar-refractivity contribution is -0.114. The van der Waals surface area contributed by atoms with Crippen molar-refractivity contribution in [2.75, 3.05) is 0 Å². The van der Waals surface area contributed by atoms with Crippen molar-refractivity contribution in [1.82, 2.24) is 5.32 Å². The average molecular weight is 324 g/mol. The lowest BCUT2D eigenvalue weighted by atomic mass is 10.1. The summed E-state index contributed by atoms with van der Waals surface area (Å²) < 4.78 is 5.61. The first-order valence-electron chi connectivity index (χ1n) is 7.60. The van der Waals surface area contributed by atoms with Crippen molar-refractivity contribution in [3.8, 4) is 5.75 Å². The van der Waals surface area contributed by atoms with E-state index in [1.165, 1.54) is 6.08 Å². The molecule has 0 saturated heterocycles. The van der Waals surface area contributed by atoms with Gasteiger partial charge in [-0.25, -0.2) is 0 Å². The largest absolute Gasteiger partial charge is 0.491 e. The molecule has 0 saturated carbocycles. The fraction of sp³-hybridized carbons (Fsp3) is 0.158. The Morgan fingerprint density at radius 2 is 1.79 bits per heavy atom. The summed E-state index contributed by atoms with van der Waals surface area (Å²) in [4.78, 5) is 23.8. The number of hydrogen-bond donors (Lipinski definition) is 2. The van der Waals surface area contributed by atoms with E-state index in [0.29, 0.717) is 16.9 Å². The van der Waals surface area contributed by atoms with Gasteiger partial charge in [0.1, 0.15) is 11.4 Å². The third kappa shape index (κ3) is 4.98. The fourth-order valence-corrected chi connectivity index (χ4v) is 2.07. The van der Waals surface area contributed by atoms with E-state index in [9.17, 15) is 9.59 Å². The van der Waals surface area contributed by atoms with Crippen molar-refractivity contribution in [3.63, 3.8) is 0 Å². The summed E-state index contributed by atoms with van der Waals surface area (Å²) in [5.41, 5.74) is 6.55. The van der Waals surface area contributed by atoms with Crippen LogP contribution in [0.3, 0.4) is 0 Å². The molecule has 2 aromatic carbocycles. The highest BCUT2D eigenvalue weighted by Crippen LogP contribution is 2.17. The molecule has 3 N–H and O–H groups in total. The van der Waals surface area contributed by atoms with Gasteiger partial charge in [-0.2, -0.15) is 0 Å². The Bertz CT molecular complexity index is 752. The highest BCUT2D eigenvalue weighted by atomic mass is 16.5. The number of amides is 2. The van der Waals surface area contributed by atoms with Crippen LogP contribution in [0.2, 0.25) is 0 Å². The summed E-state index contributed by atoms with van der Waals surface area (Å²) in [6, 6.07) is 15.8. The van der Waals surface area contributed by atoms with E-state index in [-0.39, 0.29) is 11.8 Å². The van der Waals surface area contributed by atoms with E-state index in [1.807, 2.05) is 26.0 Å². The van der Waals surface area contributed by atoms with E-state index >= 15 is 0 Å². The highest BCUT2D eigenvalue weighted by Gasteiger charge is 2.11. The van der Waals surface area contributed by atoms with Gasteiger partial charge in [-0.3, -0.25) is 9.59 Å². The number of hydrogen-bond acceptors (Lipinski definition) is 3. The maximum Gasteiger partial charge on any atom is 0.265 e. The summed E-state index contributed by atoms with van der Waals surface area (Å²) in [5, 5.41) is 2.55. The van der Waals surface area contributed by atoms with Crippen LogP contribution in [0, 0.1) is 0 Å². The number of nitrogens with two attached hydrogens (primary N) is 1. The second kappa shape index (κ2) is 7.97. The molecule has 0 fully saturated rings. The Labute approximate surface area is 141 Å². The van der Waals surface area contributed by atoms with E-state index in [1.54, 1.807) is 42.5 Å². The standard InChI is InChI=1S/C19H20N2O3/c1-13(2)24-16-10-6-7-14(11-16)12-17(18(20)22)21-19(23)15-8-4-3-5-9-15/h3-13H,1-2H3,(H2,20,22)(H,21,23)/b17-12+. The zero-order valence-electron chi connectivity index (χ0n) is 13.7. The van der Waals surface area contributed by atoms with Crippen LogP contribution in [0.25, 0.3) is 6.08 Å². The van der Waals surface area contributed by atoms with E-state index in [4.69, 9.17) is 10.5 Å². The van der Waals surface area contributed by atoms with Crippen molar-refractivity contribution < 1.29 is 14.3 Å². The molecule has 0 atom stereocenters. The third-order valence-electron chi connectivity index (χ3n) is 3.09. The molecule has 0 aliphatic rings. The molecule has 0 radical (unpaired) electrons. The van der Waals surface area contributed by atoms with Gasteiger partial charge in [0.05, 0.1) is 6.10 Å². The van der Waals surface area contributed by atoms with Crippen LogP contribution in [0.4, 0.5) is 0 Å². The molecule has 2 rings (SSSR count). The van der Waals surface area contributed by atoms with Gasteiger partial charge in [0.25, 0.3) is 11.8 Å². The molecule has 0 aliphatic heterocycles. The van der Waals surface area contributed by atoms with E-state index < -0.39 is 11.8 Å². The number of ether oxygens (including phenoxy) is 1. The number of primary amides is 1. The normalized spacial score (nSPS) is 11.2. The maximum absolute atomic E-state index is 12.2. The average Bonchev–Trinajstić information content (AvgIpc) is 2.54. The van der Waals surface area contributed by atoms with Crippen LogP contribution in [0.1, 0.15) is 29.8 Å². The smallest absolute Gasteiger partial charge is 0.265 e. The van der Waals surface area contributed by atoms with Crippen molar-refractivity contribution in [3.05, 3.63) is 71.4 Å². The lowest BCUT2D eigenvalue weighted by Crippen LogP contribution is -2.31. The van der Waals surface area contributed by atoms with Gasteiger partial charge in [-0.05, 0) is 49.8 Å². The zero-order chi connectivity index (χ0) is 17.5. The van der Waals surface area contributed by atoms with Crippen molar-refractivity contribution in [1.29, 1.82) is 0 Å². The van der Waals surface area contributed by atoms with Gasteiger partial charge in [-0.1, -0.05) is 30.3 Å². The molecule has 5 nitrogen and oxygen atoms in total. The molecule has 0 spiro atoms. The second-order valence-corrected chi connectivity index (χ2v) is 5.48. The molecule has 5 heteroatoms. The van der Waals surface area contributed by atoms with E-state index in [0.717, 1.165) is 0 Å². The molecule has 124 valence electrons. The minimum atomic E-state index is -0.713. The topological polar surface area (TPSA) is 81.4 Å². The summed E-state index contributed by atoms with van der Waals surface area (Å²) in [6.07, 6.45) is 1.56. The number of benzene rings is 2. The zero-order valence-corrected chi connectivity index (χ0v) is 13.7. The Morgan fingerprint density at radius 3 is 2.42 bits per heavy atom. The van der Waals surface area contributed by atoms with Crippen molar-refractivity contribution in [2.24, 2.45) is 5.73 Å². The predicted molar refractivity (Wildman–Crippen MR) is 93.3 cm³/mol. The quantitative estimate of drug-likeness (QED) is 0.802. The number of carbonyl (C=O) groups excluding carboxylic acids is 2. The first-order chi connectivity index (χ1) is 11.5. The molecule has 24 heavy (non-hydrogen) atoms. The van der Waals surface area contributed by atoms with Crippen LogP contribution in [0.15, 0.2) is 60.3 Å². The third-order valence-corrected chi connectivity index (χ3v) is 3.09. The molecule has 2 aromatic rings. The molecule has 0 aromatic heterocycles. The molecular formula is C19H20N2O3. The maximum atomic E-state index is 12.2. The first-order valence-corrected chi connectivity index (χ1v) is 7.60. The second-order valence-electron chi connectivity index (χ2n) is 5.48. The Balaban J connectivity index is 2.22. The molecule has 2 amide bonds. The Hall–Kier alpha value is -3.08. The van der Waals surface area contributed by atoms with Gasteiger partial charge in [0.15, 0.2) is 0 Å². The summed E-state index contributed by atoms with van der Waals surface area (Å²) in [6.45, 7) is 3.86. The van der Waals surface area contributed by atoms with Crippen LogP contribution in [-0.4, -0.2) is 17.9 Å². The molecule has 0 unspecified atom stereocenters. The predicted octanol–water partition coefficient (Wildman–Crippen LogP) is 2.73. The molecule has 0 bridgehead atoms. The minimum Gasteiger partial charge on any atom is -0.491 e. The fourth-order valence-electron chi connectivity index (χ4n) is 2.07. The number of carbonyl (C=O) groups is 2. The summed E-state index contributed by atoms with van der Waals surface area (Å²) in [7, 11) is 0. The number of nitrogens with one attached hydrogen (secondary N) is 1. The molecular weight excluding hydrogens is 304 g/mol. The number of rotatable bonds is 6. The minimum absolute atomic E-state index is 0.0190. The molecule has 0 heterocycles. The lowest BCUT2D eigenvalue weighted by Gasteiger charge is -2.11. The Kier molecular flexibility index (Phi) is 5.73. The van der Waals surface area contributed by atoms with E-state index in [2.05, 4.69) is 5.32 Å². The van der Waals surface area contributed by atoms with Gasteiger partial charge in [0.2, 0.25) is 0 Å². The van der Waals surface area contributed by atoms with Gasteiger partial charge < -0.3 is 15.8 Å². The van der Waals surface area contributed by atoms with Crippen molar-refractivity contribution in [2.45, 2.75) is 20.0 Å². The van der Waals surface area contributed by atoms with Gasteiger partial charge >= 0.3 is 0 Å². The van der Waals surface area contributed by atoms with Gasteiger partial charge in [-0.15, -0.1) is 0 Å². The molecule has 0 aliphatic carbocycles. The summed E-state index contributed by atoms with van der Waals surface area (Å²) in [5.74, 6) is -0.429. The summed E-state index contributed by atoms with van der Waals surface area (Å²) >= 11 is 0. The highest BCUT2D eigenvalue weighted by molar-refractivity contribution is 6.04. The van der Waals surface area contributed by atoms with Crippen molar-refractivity contribution >= 4 is 17.9 Å². The SMILES string of the molecule is CC(C)Oc1cccc(/C=C(/NC(=O)c2ccccc2)C(N)=O)c1. The van der Waals surface area contributed by atoms with Crippen LogP contribution in [-0.2, 0) is 4.79 Å². The Morgan fingerprint density at radius 1 is 1.08 bits per heavy atom. The van der Waals surface area contributed by atoms with Crippen LogP contribution in [0.5, 0.6) is 5.75 Å². The van der Waals surface area contributed by atoms with Crippen LogP contribution < -0.4 is 15.8 Å². The first kappa shape index (κ1) is 17.3. The monoisotopic (exact) mass is 324 g/mol. The van der Waals surface area contributed by atoms with Crippen LogP contribution >= 0.6 is 0 Å². The van der Waals surface area contributed by atoms with Gasteiger partial charge in [0, 0.05) is 5.56 Å².